The van der Waals surface area contributed by atoms with Gasteiger partial charge in [-0.1, -0.05) is 18.0 Å². The van der Waals surface area contributed by atoms with Gasteiger partial charge < -0.3 is 14.5 Å². The second-order valence-corrected chi connectivity index (χ2v) is 5.73. The van der Waals surface area contributed by atoms with Gasteiger partial charge in [-0.2, -0.15) is 0 Å². The van der Waals surface area contributed by atoms with E-state index in [0.29, 0.717) is 12.8 Å². The van der Waals surface area contributed by atoms with Gasteiger partial charge in [-0.3, -0.25) is 4.79 Å². The molecule has 1 aliphatic carbocycles. The van der Waals surface area contributed by atoms with Gasteiger partial charge in [-0.05, 0) is 33.1 Å². The van der Waals surface area contributed by atoms with E-state index in [-0.39, 0.29) is 18.1 Å². The van der Waals surface area contributed by atoms with Crippen molar-refractivity contribution in [2.24, 2.45) is 0 Å². The first kappa shape index (κ1) is 15.0. The van der Waals surface area contributed by atoms with E-state index >= 15 is 0 Å². The summed E-state index contributed by atoms with van der Waals surface area (Å²) >= 11 is 0. The van der Waals surface area contributed by atoms with Crippen molar-refractivity contribution in [3.05, 3.63) is 17.0 Å². The van der Waals surface area contributed by atoms with Crippen molar-refractivity contribution in [3.63, 3.8) is 0 Å². The van der Waals surface area contributed by atoms with Gasteiger partial charge in [0, 0.05) is 19.0 Å². The van der Waals surface area contributed by atoms with Crippen LogP contribution in [0.5, 0.6) is 0 Å². The molecule has 1 saturated carbocycles. The molecule has 5 nitrogen and oxygen atoms in total. The largest absolute Gasteiger partial charge is 0.391 e. The van der Waals surface area contributed by atoms with Gasteiger partial charge in [0.25, 0.3) is 0 Å². The topological polar surface area (TPSA) is 66.6 Å². The minimum absolute atomic E-state index is 0.0269. The van der Waals surface area contributed by atoms with Crippen LogP contribution in [-0.4, -0.2) is 40.3 Å². The average molecular weight is 280 g/mol. The van der Waals surface area contributed by atoms with Gasteiger partial charge in [0.15, 0.2) is 0 Å². The second-order valence-electron chi connectivity index (χ2n) is 5.73. The van der Waals surface area contributed by atoms with Crippen LogP contribution in [0, 0.1) is 13.8 Å². The molecule has 20 heavy (non-hydrogen) atoms. The lowest BCUT2D eigenvalue weighted by Crippen LogP contribution is -2.46. The fraction of sp³-hybridized carbons (Fsp3) is 0.733. The summed E-state index contributed by atoms with van der Waals surface area (Å²) in [5, 5.41) is 13.9. The van der Waals surface area contributed by atoms with Crippen molar-refractivity contribution >= 4 is 5.91 Å². The number of likely N-dealkylation sites (N-methyl/N-ethyl adjacent to an activating group) is 1. The maximum absolute atomic E-state index is 12.3. The molecular weight excluding hydrogens is 256 g/mol. The molecule has 1 N–H and O–H groups in total. The summed E-state index contributed by atoms with van der Waals surface area (Å²) in [6.07, 6.45) is 4.54. The number of hydrogen-bond acceptors (Lipinski definition) is 4. The zero-order valence-electron chi connectivity index (χ0n) is 12.6. The Labute approximate surface area is 119 Å². The molecule has 0 bridgehead atoms. The van der Waals surface area contributed by atoms with Crippen LogP contribution in [0.1, 0.15) is 49.1 Å². The van der Waals surface area contributed by atoms with E-state index in [1.807, 2.05) is 13.8 Å². The normalized spacial score (nSPS) is 22.8. The number of rotatable bonds is 4. The van der Waals surface area contributed by atoms with E-state index in [2.05, 4.69) is 5.16 Å². The number of hydrogen-bond donors (Lipinski definition) is 1. The van der Waals surface area contributed by atoms with E-state index in [9.17, 15) is 9.90 Å². The number of amides is 1. The Hall–Kier alpha value is -1.36. The smallest absolute Gasteiger partial charge is 0.222 e. The Balaban J connectivity index is 1.91. The third kappa shape index (κ3) is 3.20. The fourth-order valence-corrected chi connectivity index (χ4v) is 3.00. The van der Waals surface area contributed by atoms with Crippen molar-refractivity contribution in [3.8, 4) is 0 Å². The van der Waals surface area contributed by atoms with Crippen LogP contribution in [0.2, 0.25) is 0 Å². The third-order valence-electron chi connectivity index (χ3n) is 4.35. The van der Waals surface area contributed by atoms with Gasteiger partial charge in [0.2, 0.25) is 5.91 Å². The first-order valence-corrected chi connectivity index (χ1v) is 7.36. The van der Waals surface area contributed by atoms with E-state index in [0.717, 1.165) is 42.7 Å². The summed E-state index contributed by atoms with van der Waals surface area (Å²) in [6, 6.07) is -0.0269. The van der Waals surface area contributed by atoms with Crippen molar-refractivity contribution in [1.29, 1.82) is 0 Å². The standard InChI is InChI=1S/C15H24N2O3/c1-10-12(11(2)20-16-10)8-9-15(19)17(3)13-6-4-5-7-14(13)18/h13-14,18H,4-9H2,1-3H3. The number of aliphatic hydroxyl groups is 1. The predicted molar refractivity (Wildman–Crippen MR) is 75.3 cm³/mol. The molecule has 0 radical (unpaired) electrons. The lowest BCUT2D eigenvalue weighted by Gasteiger charge is -2.35. The minimum Gasteiger partial charge on any atom is -0.391 e. The van der Waals surface area contributed by atoms with Crippen LogP contribution >= 0.6 is 0 Å². The Morgan fingerprint density at radius 2 is 2.10 bits per heavy atom. The summed E-state index contributed by atoms with van der Waals surface area (Å²) < 4.78 is 5.11. The van der Waals surface area contributed by atoms with Crippen LogP contribution < -0.4 is 0 Å². The molecule has 0 aromatic carbocycles. The van der Waals surface area contributed by atoms with Crippen molar-refractivity contribution in [2.75, 3.05) is 7.05 Å². The second kappa shape index (κ2) is 6.39. The number of aliphatic hydroxyl groups excluding tert-OH is 1. The molecule has 2 rings (SSSR count). The van der Waals surface area contributed by atoms with Crippen LogP contribution in [0.15, 0.2) is 4.52 Å². The quantitative estimate of drug-likeness (QED) is 0.916. The summed E-state index contributed by atoms with van der Waals surface area (Å²) in [4.78, 5) is 14.0. The zero-order valence-corrected chi connectivity index (χ0v) is 12.6. The lowest BCUT2D eigenvalue weighted by atomic mass is 9.91. The summed E-state index contributed by atoms with van der Waals surface area (Å²) in [5.74, 6) is 0.867. The molecule has 5 heteroatoms. The maximum Gasteiger partial charge on any atom is 0.222 e. The van der Waals surface area contributed by atoms with Crippen LogP contribution in [0.3, 0.4) is 0 Å². The summed E-state index contributed by atoms with van der Waals surface area (Å²) in [5.41, 5.74) is 1.88. The maximum atomic E-state index is 12.3. The highest BCUT2D eigenvalue weighted by Crippen LogP contribution is 2.23. The number of carbonyl (C=O) groups excluding carboxylic acids is 1. The van der Waals surface area contributed by atoms with Crippen molar-refractivity contribution in [1.82, 2.24) is 10.1 Å². The van der Waals surface area contributed by atoms with E-state index in [1.165, 1.54) is 0 Å². The molecule has 1 heterocycles. The molecular formula is C15H24N2O3. The van der Waals surface area contributed by atoms with Crippen molar-refractivity contribution in [2.45, 2.75) is 64.5 Å². The predicted octanol–water partition coefficient (Wildman–Crippen LogP) is 1.99. The zero-order chi connectivity index (χ0) is 14.7. The van der Waals surface area contributed by atoms with Gasteiger partial charge >= 0.3 is 0 Å². The molecule has 1 aromatic heterocycles. The van der Waals surface area contributed by atoms with Gasteiger partial charge in [-0.15, -0.1) is 0 Å². The van der Waals surface area contributed by atoms with Gasteiger partial charge in [-0.25, -0.2) is 0 Å². The fourth-order valence-electron chi connectivity index (χ4n) is 3.00. The molecule has 0 spiro atoms. The van der Waals surface area contributed by atoms with Gasteiger partial charge in [0.05, 0.1) is 17.8 Å². The number of aromatic nitrogens is 1. The SMILES string of the molecule is Cc1noc(C)c1CCC(=O)N(C)C1CCCCC1O. The Kier molecular flexibility index (Phi) is 4.81. The number of aryl methyl sites for hydroxylation is 2. The Bertz CT molecular complexity index is 450. The van der Waals surface area contributed by atoms with Crippen LogP contribution in [-0.2, 0) is 11.2 Å². The van der Waals surface area contributed by atoms with Crippen LogP contribution in [0.4, 0.5) is 0 Å². The highest BCUT2D eigenvalue weighted by molar-refractivity contribution is 5.76. The van der Waals surface area contributed by atoms with E-state index in [4.69, 9.17) is 4.52 Å². The first-order chi connectivity index (χ1) is 9.50. The molecule has 0 aliphatic heterocycles. The van der Waals surface area contributed by atoms with Crippen molar-refractivity contribution < 1.29 is 14.4 Å². The first-order valence-electron chi connectivity index (χ1n) is 7.36. The Morgan fingerprint density at radius 1 is 1.40 bits per heavy atom. The highest BCUT2D eigenvalue weighted by atomic mass is 16.5. The third-order valence-corrected chi connectivity index (χ3v) is 4.35. The molecule has 1 aliphatic rings. The number of nitrogens with zero attached hydrogens (tertiary/aromatic N) is 2. The molecule has 1 amide bonds. The molecule has 112 valence electrons. The van der Waals surface area contributed by atoms with E-state index in [1.54, 1.807) is 11.9 Å². The average Bonchev–Trinajstić information content (AvgIpc) is 2.75. The van der Waals surface area contributed by atoms with Crippen LogP contribution in [0.25, 0.3) is 0 Å². The highest BCUT2D eigenvalue weighted by Gasteiger charge is 2.29. The Morgan fingerprint density at radius 3 is 2.70 bits per heavy atom. The molecule has 2 unspecified atom stereocenters. The summed E-state index contributed by atoms with van der Waals surface area (Å²) in [6.45, 7) is 3.76. The number of carbonyl (C=O) groups is 1. The van der Waals surface area contributed by atoms with E-state index < -0.39 is 0 Å². The molecule has 0 saturated heterocycles. The summed E-state index contributed by atoms with van der Waals surface area (Å²) in [7, 11) is 1.80. The molecule has 2 atom stereocenters. The lowest BCUT2D eigenvalue weighted by molar-refractivity contribution is -0.135. The minimum atomic E-state index is -0.378. The molecule has 1 aromatic rings. The van der Waals surface area contributed by atoms with Gasteiger partial charge in [0.1, 0.15) is 5.76 Å². The molecule has 1 fully saturated rings. The monoisotopic (exact) mass is 280 g/mol.